The summed E-state index contributed by atoms with van der Waals surface area (Å²) in [4.78, 5) is 0. The Morgan fingerprint density at radius 1 is 1.56 bits per heavy atom. The predicted molar refractivity (Wildman–Crippen MR) is 28.2 cm³/mol. The lowest BCUT2D eigenvalue weighted by molar-refractivity contribution is -0.0537. The second kappa shape index (κ2) is 2.56. The van der Waals surface area contributed by atoms with Gasteiger partial charge >= 0.3 is 0 Å². The molecule has 1 heterocycles. The van der Waals surface area contributed by atoms with E-state index in [1.165, 1.54) is 10.9 Å². The molecule has 0 saturated heterocycles. The molecule has 0 fully saturated rings. The predicted octanol–water partition coefficient (Wildman–Crippen LogP) is -1.41. The maximum absolute atomic E-state index is 8.39. The van der Waals surface area contributed by atoms with Crippen LogP contribution in [0.25, 0.3) is 0 Å². The monoisotopic (exact) mass is 129 g/mol. The average molecular weight is 129 g/mol. The van der Waals surface area contributed by atoms with Crippen LogP contribution in [0.1, 0.15) is 0 Å². The molecule has 0 amide bonds. The van der Waals surface area contributed by atoms with E-state index in [-0.39, 0.29) is 6.54 Å². The van der Waals surface area contributed by atoms with Gasteiger partial charge in [0.2, 0.25) is 0 Å². The number of nitrogens with zero attached hydrogens (tertiary/aromatic N) is 3. The quantitative estimate of drug-likeness (QED) is 0.481. The van der Waals surface area contributed by atoms with E-state index in [0.29, 0.717) is 0 Å². The first-order valence-corrected chi connectivity index (χ1v) is 2.49. The molecule has 0 radical (unpaired) electrons. The van der Waals surface area contributed by atoms with Crippen molar-refractivity contribution in [1.29, 1.82) is 0 Å². The van der Waals surface area contributed by atoms with Gasteiger partial charge < -0.3 is 10.2 Å². The molecule has 5 heteroatoms. The zero-order valence-corrected chi connectivity index (χ0v) is 4.68. The summed E-state index contributed by atoms with van der Waals surface area (Å²) < 4.78 is 1.34. The van der Waals surface area contributed by atoms with E-state index in [4.69, 9.17) is 10.2 Å². The molecule has 0 atom stereocenters. The first kappa shape index (κ1) is 6.18. The third kappa shape index (κ3) is 1.79. The van der Waals surface area contributed by atoms with Crippen LogP contribution in [0.5, 0.6) is 0 Å². The SMILES string of the molecule is OC(O)Cn1ccnn1. The summed E-state index contributed by atoms with van der Waals surface area (Å²) in [5, 5.41) is 23.8. The van der Waals surface area contributed by atoms with Gasteiger partial charge in [-0.15, -0.1) is 5.10 Å². The highest BCUT2D eigenvalue weighted by Gasteiger charge is 1.97. The van der Waals surface area contributed by atoms with Crippen molar-refractivity contribution >= 4 is 0 Å². The fourth-order valence-electron chi connectivity index (χ4n) is 0.497. The van der Waals surface area contributed by atoms with Gasteiger partial charge in [-0.3, -0.25) is 0 Å². The zero-order valence-electron chi connectivity index (χ0n) is 4.68. The summed E-state index contributed by atoms with van der Waals surface area (Å²) in [6.07, 6.45) is 1.67. The van der Waals surface area contributed by atoms with E-state index in [0.717, 1.165) is 0 Å². The van der Waals surface area contributed by atoms with E-state index < -0.39 is 6.29 Å². The minimum atomic E-state index is -1.35. The molecule has 1 rings (SSSR count). The smallest absolute Gasteiger partial charge is 0.171 e. The third-order valence-electron chi connectivity index (χ3n) is 0.822. The molecule has 0 bridgehead atoms. The van der Waals surface area contributed by atoms with Crippen molar-refractivity contribution in [2.24, 2.45) is 0 Å². The summed E-state index contributed by atoms with van der Waals surface area (Å²) in [5.41, 5.74) is 0. The van der Waals surface area contributed by atoms with Crippen molar-refractivity contribution < 1.29 is 10.2 Å². The van der Waals surface area contributed by atoms with Crippen LogP contribution in [0.4, 0.5) is 0 Å². The lowest BCUT2D eigenvalue weighted by Crippen LogP contribution is -2.14. The number of aliphatic hydroxyl groups is 2. The van der Waals surface area contributed by atoms with Crippen LogP contribution in [0.15, 0.2) is 12.4 Å². The molecular formula is C4H7N3O2. The van der Waals surface area contributed by atoms with Crippen molar-refractivity contribution in [3.63, 3.8) is 0 Å². The van der Waals surface area contributed by atoms with Crippen molar-refractivity contribution in [3.8, 4) is 0 Å². The maximum Gasteiger partial charge on any atom is 0.171 e. The zero-order chi connectivity index (χ0) is 6.69. The first-order valence-electron chi connectivity index (χ1n) is 2.49. The van der Waals surface area contributed by atoms with Crippen LogP contribution < -0.4 is 0 Å². The van der Waals surface area contributed by atoms with Crippen LogP contribution >= 0.6 is 0 Å². The first-order chi connectivity index (χ1) is 4.29. The van der Waals surface area contributed by atoms with Gasteiger partial charge in [0, 0.05) is 6.20 Å². The number of aromatic nitrogens is 3. The largest absolute Gasteiger partial charge is 0.367 e. The molecule has 2 N–H and O–H groups in total. The minimum Gasteiger partial charge on any atom is -0.367 e. The van der Waals surface area contributed by atoms with E-state index >= 15 is 0 Å². The van der Waals surface area contributed by atoms with Gasteiger partial charge in [-0.05, 0) is 0 Å². The Bertz CT molecular complexity index is 160. The van der Waals surface area contributed by atoms with Crippen molar-refractivity contribution in [1.82, 2.24) is 15.0 Å². The molecular weight excluding hydrogens is 122 g/mol. The van der Waals surface area contributed by atoms with Gasteiger partial charge in [0.1, 0.15) is 0 Å². The molecule has 0 aliphatic carbocycles. The molecule has 0 aliphatic heterocycles. The molecule has 1 aromatic rings. The normalized spacial score (nSPS) is 10.6. The highest BCUT2D eigenvalue weighted by atomic mass is 16.5. The summed E-state index contributed by atoms with van der Waals surface area (Å²) in [7, 11) is 0. The highest BCUT2D eigenvalue weighted by molar-refractivity contribution is 4.63. The van der Waals surface area contributed by atoms with Crippen LogP contribution in [0, 0.1) is 0 Å². The number of hydrogen-bond acceptors (Lipinski definition) is 4. The van der Waals surface area contributed by atoms with Crippen LogP contribution in [-0.2, 0) is 6.54 Å². The summed E-state index contributed by atoms with van der Waals surface area (Å²) >= 11 is 0. The van der Waals surface area contributed by atoms with E-state index in [2.05, 4.69) is 10.3 Å². The molecule has 50 valence electrons. The Kier molecular flexibility index (Phi) is 1.76. The number of aliphatic hydroxyl groups excluding tert-OH is 1. The van der Waals surface area contributed by atoms with Gasteiger partial charge in [-0.25, -0.2) is 4.68 Å². The van der Waals surface area contributed by atoms with Crippen molar-refractivity contribution in [2.45, 2.75) is 12.8 Å². The maximum atomic E-state index is 8.39. The lowest BCUT2D eigenvalue weighted by atomic mass is 10.6. The van der Waals surface area contributed by atoms with Gasteiger partial charge in [0.05, 0.1) is 12.7 Å². The fourth-order valence-corrected chi connectivity index (χ4v) is 0.497. The van der Waals surface area contributed by atoms with E-state index in [1.807, 2.05) is 0 Å². The molecule has 0 aliphatic rings. The fraction of sp³-hybridized carbons (Fsp3) is 0.500. The second-order valence-electron chi connectivity index (χ2n) is 1.61. The summed E-state index contributed by atoms with van der Waals surface area (Å²) in [6, 6.07) is 0. The Morgan fingerprint density at radius 2 is 2.33 bits per heavy atom. The van der Waals surface area contributed by atoms with Crippen molar-refractivity contribution in [3.05, 3.63) is 12.4 Å². The Balaban J connectivity index is 2.48. The minimum absolute atomic E-state index is 0.0694. The number of hydrogen-bond donors (Lipinski definition) is 2. The van der Waals surface area contributed by atoms with Crippen LogP contribution in [-0.4, -0.2) is 31.5 Å². The van der Waals surface area contributed by atoms with E-state index in [9.17, 15) is 0 Å². The molecule has 1 aromatic heterocycles. The Hall–Kier alpha value is -0.940. The standard InChI is InChI=1S/C4H7N3O2/c8-4(9)3-7-2-1-5-6-7/h1-2,4,8-9H,3H2. The second-order valence-corrected chi connectivity index (χ2v) is 1.61. The van der Waals surface area contributed by atoms with Gasteiger partial charge in [-0.1, -0.05) is 5.21 Å². The molecule has 0 spiro atoms. The molecule has 9 heavy (non-hydrogen) atoms. The van der Waals surface area contributed by atoms with Crippen LogP contribution in [0.2, 0.25) is 0 Å². The summed E-state index contributed by atoms with van der Waals surface area (Å²) in [6.45, 7) is 0.0694. The van der Waals surface area contributed by atoms with E-state index in [1.54, 1.807) is 6.20 Å². The third-order valence-corrected chi connectivity index (χ3v) is 0.822. The lowest BCUT2D eigenvalue weighted by Gasteiger charge is -1.99. The Labute approximate surface area is 51.5 Å². The molecule has 5 nitrogen and oxygen atoms in total. The van der Waals surface area contributed by atoms with Gasteiger partial charge in [0.15, 0.2) is 6.29 Å². The highest BCUT2D eigenvalue weighted by Crippen LogP contribution is 1.83. The summed E-state index contributed by atoms with van der Waals surface area (Å²) in [5.74, 6) is 0. The van der Waals surface area contributed by atoms with Crippen molar-refractivity contribution in [2.75, 3.05) is 0 Å². The number of rotatable bonds is 2. The molecule has 0 unspecified atom stereocenters. The van der Waals surface area contributed by atoms with Gasteiger partial charge in [0.25, 0.3) is 0 Å². The Morgan fingerprint density at radius 3 is 2.78 bits per heavy atom. The van der Waals surface area contributed by atoms with Crippen LogP contribution in [0.3, 0.4) is 0 Å². The molecule has 0 aromatic carbocycles. The van der Waals surface area contributed by atoms with Gasteiger partial charge in [-0.2, -0.15) is 0 Å². The topological polar surface area (TPSA) is 71.2 Å². The average Bonchev–Trinajstić information content (AvgIpc) is 2.15. The molecule has 0 saturated carbocycles.